The van der Waals surface area contributed by atoms with Gasteiger partial charge in [-0.25, -0.2) is 19.4 Å². The van der Waals surface area contributed by atoms with Gasteiger partial charge < -0.3 is 20.1 Å². The molecule has 1 saturated heterocycles. The molecule has 1 atom stereocenters. The zero-order valence-electron chi connectivity index (χ0n) is 22.0. The number of carboxylic acids is 1. The van der Waals surface area contributed by atoms with E-state index in [-0.39, 0.29) is 23.8 Å². The van der Waals surface area contributed by atoms with E-state index in [2.05, 4.69) is 10.3 Å². The molecule has 11 heteroatoms. The van der Waals surface area contributed by atoms with Gasteiger partial charge in [0.2, 0.25) is 5.95 Å². The number of piperidine rings is 1. The molecule has 3 heterocycles. The lowest BCUT2D eigenvalue weighted by molar-refractivity contribution is 0.0172. The van der Waals surface area contributed by atoms with Crippen LogP contribution in [-0.2, 0) is 4.74 Å². The number of amides is 1. The van der Waals surface area contributed by atoms with E-state index in [0.29, 0.717) is 42.2 Å². The van der Waals surface area contributed by atoms with Crippen molar-refractivity contribution in [3.05, 3.63) is 76.8 Å². The first-order valence-corrected chi connectivity index (χ1v) is 12.7. The third-order valence-electron chi connectivity index (χ3n) is 6.43. The monoisotopic (exact) mass is 530 g/mol. The lowest BCUT2D eigenvalue weighted by Gasteiger charge is -2.34. The van der Waals surface area contributed by atoms with E-state index < -0.39 is 17.7 Å². The third kappa shape index (κ3) is 5.47. The first-order valence-electron chi connectivity index (χ1n) is 12.7. The molecule has 39 heavy (non-hydrogen) atoms. The van der Waals surface area contributed by atoms with E-state index in [0.717, 1.165) is 5.69 Å². The highest BCUT2D eigenvalue weighted by atomic mass is 16.6. The number of benzene rings is 2. The Balaban J connectivity index is 1.59. The number of nitrogens with one attached hydrogen (secondary N) is 1. The standard InChI is InChI=1S/C28H30N6O5/c1-28(2,3)39-27(38)32-15-7-10-21(17-32)34-23-22(16-29-25(31-23)30-19-8-5-4-6-9-19)33(26(34)37)20-13-11-18(12-14-20)24(35)36/h4-6,8-9,11-14,16,21H,7,10,15,17H2,1-3H3,(H,35,36)(H,29,30,31). The van der Waals surface area contributed by atoms with Crippen molar-refractivity contribution in [3.63, 3.8) is 0 Å². The molecule has 2 aromatic heterocycles. The molecular formula is C28H30N6O5. The Morgan fingerprint density at radius 2 is 1.79 bits per heavy atom. The Morgan fingerprint density at radius 1 is 1.08 bits per heavy atom. The number of carboxylic acid groups (broad SMARTS) is 1. The van der Waals surface area contributed by atoms with Crippen LogP contribution in [0.1, 0.15) is 50.0 Å². The molecule has 0 aliphatic carbocycles. The summed E-state index contributed by atoms with van der Waals surface area (Å²) in [4.78, 5) is 49.0. The lowest BCUT2D eigenvalue weighted by Crippen LogP contribution is -2.45. The molecule has 1 amide bonds. The van der Waals surface area contributed by atoms with Crippen molar-refractivity contribution in [1.29, 1.82) is 0 Å². The van der Waals surface area contributed by atoms with Crippen LogP contribution >= 0.6 is 0 Å². The largest absolute Gasteiger partial charge is 0.478 e. The van der Waals surface area contributed by atoms with Gasteiger partial charge in [0.1, 0.15) is 11.1 Å². The highest BCUT2D eigenvalue weighted by molar-refractivity contribution is 5.88. The van der Waals surface area contributed by atoms with Crippen molar-refractivity contribution in [1.82, 2.24) is 24.0 Å². The summed E-state index contributed by atoms with van der Waals surface area (Å²) in [7, 11) is 0. The molecule has 0 spiro atoms. The number of hydrogen-bond acceptors (Lipinski definition) is 7. The molecule has 0 saturated carbocycles. The Kier molecular flexibility index (Phi) is 6.81. The highest BCUT2D eigenvalue weighted by Gasteiger charge is 2.31. The number of carbonyl (C=O) groups is 2. The van der Waals surface area contributed by atoms with Crippen LogP contribution in [0, 0.1) is 0 Å². The topological polar surface area (TPSA) is 132 Å². The molecule has 2 N–H and O–H groups in total. The van der Waals surface area contributed by atoms with Crippen LogP contribution in [0.25, 0.3) is 16.9 Å². The fourth-order valence-electron chi connectivity index (χ4n) is 4.70. The van der Waals surface area contributed by atoms with Gasteiger partial charge in [-0.15, -0.1) is 0 Å². The zero-order chi connectivity index (χ0) is 27.7. The smallest absolute Gasteiger partial charge is 0.410 e. The number of hydrogen-bond donors (Lipinski definition) is 2. The van der Waals surface area contributed by atoms with Gasteiger partial charge in [0.25, 0.3) is 0 Å². The quantitative estimate of drug-likeness (QED) is 0.383. The maximum Gasteiger partial charge on any atom is 0.410 e. The average Bonchev–Trinajstić information content (AvgIpc) is 3.19. The van der Waals surface area contributed by atoms with Crippen molar-refractivity contribution in [2.45, 2.75) is 45.3 Å². The van der Waals surface area contributed by atoms with Gasteiger partial charge in [-0.2, -0.15) is 4.98 Å². The number of likely N-dealkylation sites (tertiary alicyclic amines) is 1. The maximum absolute atomic E-state index is 14.0. The van der Waals surface area contributed by atoms with Crippen LogP contribution in [0.5, 0.6) is 0 Å². The van der Waals surface area contributed by atoms with Gasteiger partial charge in [-0.1, -0.05) is 18.2 Å². The fourth-order valence-corrected chi connectivity index (χ4v) is 4.70. The highest BCUT2D eigenvalue weighted by Crippen LogP contribution is 2.27. The van der Waals surface area contributed by atoms with Gasteiger partial charge in [0.15, 0.2) is 5.65 Å². The molecule has 1 unspecified atom stereocenters. The van der Waals surface area contributed by atoms with Crippen molar-refractivity contribution < 1.29 is 19.4 Å². The number of aromatic carboxylic acids is 1. The van der Waals surface area contributed by atoms with Crippen LogP contribution in [-0.4, -0.2) is 59.9 Å². The number of anilines is 2. The normalized spacial score (nSPS) is 15.8. The Morgan fingerprint density at radius 3 is 2.46 bits per heavy atom. The molecule has 2 aromatic carbocycles. The van der Waals surface area contributed by atoms with Crippen molar-refractivity contribution >= 4 is 34.9 Å². The van der Waals surface area contributed by atoms with E-state index in [1.165, 1.54) is 16.7 Å². The second-order valence-corrected chi connectivity index (χ2v) is 10.5. The summed E-state index contributed by atoms with van der Waals surface area (Å²) in [6, 6.07) is 15.2. The molecule has 5 rings (SSSR count). The third-order valence-corrected chi connectivity index (χ3v) is 6.43. The summed E-state index contributed by atoms with van der Waals surface area (Å²) in [5.74, 6) is -0.735. The first-order chi connectivity index (χ1) is 18.6. The van der Waals surface area contributed by atoms with Gasteiger partial charge >= 0.3 is 17.8 Å². The Bertz CT molecular complexity index is 1570. The zero-order valence-corrected chi connectivity index (χ0v) is 22.0. The molecular weight excluding hydrogens is 500 g/mol. The van der Waals surface area contributed by atoms with Crippen molar-refractivity contribution in [2.75, 3.05) is 18.4 Å². The van der Waals surface area contributed by atoms with E-state index >= 15 is 0 Å². The van der Waals surface area contributed by atoms with Crippen molar-refractivity contribution in [2.24, 2.45) is 0 Å². The van der Waals surface area contributed by atoms with Crippen LogP contribution in [0.15, 0.2) is 65.6 Å². The second kappa shape index (κ2) is 10.2. The van der Waals surface area contributed by atoms with Crippen LogP contribution in [0.2, 0.25) is 0 Å². The molecule has 1 aliphatic rings. The molecule has 0 bridgehead atoms. The summed E-state index contributed by atoms with van der Waals surface area (Å²) in [6.45, 7) is 6.28. The molecule has 1 aliphatic heterocycles. The molecule has 0 radical (unpaired) electrons. The molecule has 4 aromatic rings. The minimum atomic E-state index is -1.05. The predicted octanol–water partition coefficient (Wildman–Crippen LogP) is 4.60. The van der Waals surface area contributed by atoms with Crippen LogP contribution in [0.3, 0.4) is 0 Å². The number of rotatable bonds is 5. The number of para-hydroxylation sites is 1. The Hall–Kier alpha value is -4.67. The summed E-state index contributed by atoms with van der Waals surface area (Å²) in [6.07, 6.45) is 2.51. The van der Waals surface area contributed by atoms with Gasteiger partial charge in [-0.05, 0) is 70.0 Å². The number of carbonyl (C=O) groups excluding carboxylic acids is 1. The minimum Gasteiger partial charge on any atom is -0.478 e. The van der Waals surface area contributed by atoms with Crippen molar-refractivity contribution in [3.8, 4) is 5.69 Å². The Labute approximate surface area is 224 Å². The van der Waals surface area contributed by atoms with Gasteiger partial charge in [0, 0.05) is 18.8 Å². The summed E-state index contributed by atoms with van der Waals surface area (Å²) < 4.78 is 8.66. The fraction of sp³-hybridized carbons (Fsp3) is 0.321. The SMILES string of the molecule is CC(C)(C)OC(=O)N1CCCC(n2c(=O)n(-c3ccc(C(=O)O)cc3)c3cnc(Nc4ccccc4)nc32)C1. The van der Waals surface area contributed by atoms with E-state index in [1.807, 2.05) is 51.1 Å². The number of imidazole rings is 1. The van der Waals surface area contributed by atoms with Gasteiger partial charge in [0.05, 0.1) is 23.5 Å². The van der Waals surface area contributed by atoms with Crippen LogP contribution < -0.4 is 11.0 Å². The summed E-state index contributed by atoms with van der Waals surface area (Å²) >= 11 is 0. The lowest BCUT2D eigenvalue weighted by atomic mass is 10.1. The van der Waals surface area contributed by atoms with E-state index in [1.54, 1.807) is 27.8 Å². The molecule has 202 valence electrons. The van der Waals surface area contributed by atoms with E-state index in [9.17, 15) is 19.5 Å². The number of aromatic nitrogens is 4. The molecule has 1 fully saturated rings. The summed E-state index contributed by atoms with van der Waals surface area (Å²) in [5.41, 5.74) is 1.29. The second-order valence-electron chi connectivity index (χ2n) is 10.5. The number of fused-ring (bicyclic) bond motifs is 1. The minimum absolute atomic E-state index is 0.112. The maximum atomic E-state index is 14.0. The van der Waals surface area contributed by atoms with E-state index in [4.69, 9.17) is 9.72 Å². The molecule has 11 nitrogen and oxygen atoms in total. The van der Waals surface area contributed by atoms with Gasteiger partial charge in [-0.3, -0.25) is 9.13 Å². The first kappa shape index (κ1) is 26.0. The number of ether oxygens (including phenoxy) is 1. The number of nitrogens with zero attached hydrogens (tertiary/aromatic N) is 5. The average molecular weight is 531 g/mol. The van der Waals surface area contributed by atoms with Crippen LogP contribution in [0.4, 0.5) is 16.4 Å². The summed E-state index contributed by atoms with van der Waals surface area (Å²) in [5, 5.41) is 12.5. The predicted molar refractivity (Wildman–Crippen MR) is 146 cm³/mol.